The highest BCUT2D eigenvalue weighted by Crippen LogP contribution is 2.23. The second kappa shape index (κ2) is 3.86. The maximum Gasteiger partial charge on any atom is 0.146 e. The molecule has 14 heavy (non-hydrogen) atoms. The highest BCUT2D eigenvalue weighted by molar-refractivity contribution is 5.55. The lowest BCUT2D eigenvalue weighted by atomic mass is 10.2. The molecule has 1 aliphatic rings. The van der Waals surface area contributed by atoms with Gasteiger partial charge in [-0.3, -0.25) is 0 Å². The minimum absolute atomic E-state index is 0.216. The molecule has 0 aliphatic heterocycles. The van der Waals surface area contributed by atoms with Crippen LogP contribution in [-0.2, 0) is 0 Å². The number of nitrogens with one attached hydrogen (secondary N) is 1. The third-order valence-corrected chi connectivity index (χ3v) is 2.72. The van der Waals surface area contributed by atoms with Crippen LogP contribution in [0.4, 0.5) is 15.8 Å². The quantitative estimate of drug-likeness (QED) is 0.710. The van der Waals surface area contributed by atoms with Gasteiger partial charge in [0.1, 0.15) is 5.82 Å². The van der Waals surface area contributed by atoms with Crippen LogP contribution in [0.2, 0.25) is 0 Å². The third-order valence-electron chi connectivity index (χ3n) is 2.72. The van der Waals surface area contributed by atoms with Crippen LogP contribution in [0.3, 0.4) is 0 Å². The number of nitrogen functional groups attached to an aromatic ring is 1. The summed E-state index contributed by atoms with van der Waals surface area (Å²) >= 11 is 0. The Morgan fingerprint density at radius 2 is 2.00 bits per heavy atom. The van der Waals surface area contributed by atoms with Gasteiger partial charge >= 0.3 is 0 Å². The van der Waals surface area contributed by atoms with Crippen molar-refractivity contribution in [3.8, 4) is 0 Å². The van der Waals surface area contributed by atoms with Gasteiger partial charge in [-0.25, -0.2) is 4.39 Å². The van der Waals surface area contributed by atoms with Crippen LogP contribution in [0, 0.1) is 5.82 Å². The number of hydrogen-bond donors (Lipinski definition) is 2. The topological polar surface area (TPSA) is 38.0 Å². The monoisotopic (exact) mass is 194 g/mol. The van der Waals surface area contributed by atoms with E-state index in [9.17, 15) is 4.39 Å². The Balaban J connectivity index is 2.05. The zero-order valence-corrected chi connectivity index (χ0v) is 8.09. The molecule has 0 radical (unpaired) electrons. The second-order valence-corrected chi connectivity index (χ2v) is 3.86. The molecular weight excluding hydrogens is 179 g/mol. The molecule has 0 aromatic heterocycles. The third kappa shape index (κ3) is 1.97. The van der Waals surface area contributed by atoms with Crippen molar-refractivity contribution in [3.63, 3.8) is 0 Å². The van der Waals surface area contributed by atoms with E-state index >= 15 is 0 Å². The molecule has 1 fully saturated rings. The lowest BCUT2D eigenvalue weighted by Gasteiger charge is -2.13. The highest BCUT2D eigenvalue weighted by atomic mass is 19.1. The number of hydrogen-bond acceptors (Lipinski definition) is 2. The van der Waals surface area contributed by atoms with Crippen molar-refractivity contribution >= 4 is 11.4 Å². The van der Waals surface area contributed by atoms with Crippen LogP contribution in [0.15, 0.2) is 18.2 Å². The van der Waals surface area contributed by atoms with E-state index in [0.29, 0.717) is 6.04 Å². The van der Waals surface area contributed by atoms with Gasteiger partial charge in [0.05, 0.1) is 5.69 Å². The van der Waals surface area contributed by atoms with E-state index in [1.807, 2.05) is 0 Å². The Hall–Kier alpha value is -1.25. The summed E-state index contributed by atoms with van der Waals surface area (Å²) in [5, 5.41) is 3.36. The van der Waals surface area contributed by atoms with Crippen LogP contribution in [0.1, 0.15) is 25.7 Å². The molecule has 1 saturated carbocycles. The van der Waals surface area contributed by atoms with Crippen molar-refractivity contribution in [2.24, 2.45) is 0 Å². The normalized spacial score (nSPS) is 17.2. The number of benzene rings is 1. The number of rotatable bonds is 2. The first-order valence-corrected chi connectivity index (χ1v) is 5.07. The zero-order chi connectivity index (χ0) is 9.97. The molecule has 2 rings (SSSR count). The van der Waals surface area contributed by atoms with E-state index in [4.69, 9.17) is 5.73 Å². The SMILES string of the molecule is Nc1cc(NC2CCCC2)ccc1F. The number of anilines is 2. The van der Waals surface area contributed by atoms with Gasteiger partial charge in [0.25, 0.3) is 0 Å². The summed E-state index contributed by atoms with van der Waals surface area (Å²) < 4.78 is 12.9. The largest absolute Gasteiger partial charge is 0.396 e. The van der Waals surface area contributed by atoms with Crippen molar-refractivity contribution in [2.75, 3.05) is 11.1 Å². The molecule has 0 amide bonds. The fourth-order valence-corrected chi connectivity index (χ4v) is 1.94. The van der Waals surface area contributed by atoms with Gasteiger partial charge in [-0.2, -0.15) is 0 Å². The van der Waals surface area contributed by atoms with Gasteiger partial charge in [-0.05, 0) is 31.0 Å². The van der Waals surface area contributed by atoms with Gasteiger partial charge in [0.2, 0.25) is 0 Å². The minimum atomic E-state index is -0.345. The molecule has 2 nitrogen and oxygen atoms in total. The van der Waals surface area contributed by atoms with Gasteiger partial charge in [0, 0.05) is 11.7 Å². The summed E-state index contributed by atoms with van der Waals surface area (Å²) in [6.07, 6.45) is 4.98. The average Bonchev–Trinajstić information content (AvgIpc) is 2.64. The van der Waals surface area contributed by atoms with Crippen LogP contribution in [0.25, 0.3) is 0 Å². The van der Waals surface area contributed by atoms with Crippen molar-refractivity contribution in [1.29, 1.82) is 0 Å². The molecule has 1 aliphatic carbocycles. The first-order chi connectivity index (χ1) is 6.75. The predicted octanol–water partition coefficient (Wildman–Crippen LogP) is 2.76. The number of halogens is 1. The van der Waals surface area contributed by atoms with Crippen molar-refractivity contribution < 1.29 is 4.39 Å². The summed E-state index contributed by atoms with van der Waals surface area (Å²) in [5.41, 5.74) is 6.62. The van der Waals surface area contributed by atoms with Gasteiger partial charge in [0.15, 0.2) is 0 Å². The van der Waals surface area contributed by atoms with E-state index in [1.54, 1.807) is 12.1 Å². The van der Waals surface area contributed by atoms with E-state index in [-0.39, 0.29) is 11.5 Å². The lowest BCUT2D eigenvalue weighted by molar-refractivity contribution is 0.632. The Kier molecular flexibility index (Phi) is 2.57. The first-order valence-electron chi connectivity index (χ1n) is 5.07. The Bertz CT molecular complexity index is 319. The Morgan fingerprint density at radius 3 is 2.64 bits per heavy atom. The molecule has 0 unspecified atom stereocenters. The number of nitrogens with two attached hydrogens (primary N) is 1. The van der Waals surface area contributed by atoms with Crippen LogP contribution in [0.5, 0.6) is 0 Å². The van der Waals surface area contributed by atoms with E-state index in [1.165, 1.54) is 31.7 Å². The van der Waals surface area contributed by atoms with Crippen molar-refractivity contribution in [2.45, 2.75) is 31.7 Å². The summed E-state index contributed by atoms with van der Waals surface area (Å²) in [4.78, 5) is 0. The fraction of sp³-hybridized carbons (Fsp3) is 0.455. The lowest BCUT2D eigenvalue weighted by Crippen LogP contribution is -2.14. The minimum Gasteiger partial charge on any atom is -0.396 e. The predicted molar refractivity (Wildman–Crippen MR) is 56.7 cm³/mol. The maximum atomic E-state index is 12.9. The summed E-state index contributed by atoms with van der Waals surface area (Å²) in [7, 11) is 0. The van der Waals surface area contributed by atoms with Crippen LogP contribution < -0.4 is 11.1 Å². The summed E-state index contributed by atoms with van der Waals surface area (Å²) in [5.74, 6) is -0.345. The zero-order valence-electron chi connectivity index (χ0n) is 8.09. The van der Waals surface area contributed by atoms with Gasteiger partial charge < -0.3 is 11.1 Å². The molecule has 0 heterocycles. The highest BCUT2D eigenvalue weighted by Gasteiger charge is 2.14. The van der Waals surface area contributed by atoms with E-state index in [0.717, 1.165) is 5.69 Å². The smallest absolute Gasteiger partial charge is 0.146 e. The van der Waals surface area contributed by atoms with Gasteiger partial charge in [-0.1, -0.05) is 12.8 Å². The first kappa shape index (κ1) is 9.31. The molecule has 0 atom stereocenters. The van der Waals surface area contributed by atoms with Crippen LogP contribution >= 0.6 is 0 Å². The standard InChI is InChI=1S/C11H15FN2/c12-10-6-5-9(7-11(10)13)14-8-3-1-2-4-8/h5-8,14H,1-4,13H2. The Labute approximate surface area is 83.3 Å². The van der Waals surface area contributed by atoms with Crippen molar-refractivity contribution in [3.05, 3.63) is 24.0 Å². The van der Waals surface area contributed by atoms with E-state index in [2.05, 4.69) is 5.32 Å². The summed E-state index contributed by atoms with van der Waals surface area (Å²) in [6.45, 7) is 0. The average molecular weight is 194 g/mol. The Morgan fingerprint density at radius 1 is 1.29 bits per heavy atom. The molecule has 3 heteroatoms. The molecule has 3 N–H and O–H groups in total. The maximum absolute atomic E-state index is 12.9. The second-order valence-electron chi connectivity index (χ2n) is 3.86. The molecule has 1 aromatic carbocycles. The molecule has 0 bridgehead atoms. The molecule has 76 valence electrons. The molecule has 1 aromatic rings. The summed E-state index contributed by atoms with van der Waals surface area (Å²) in [6, 6.07) is 5.35. The van der Waals surface area contributed by atoms with Crippen molar-refractivity contribution in [1.82, 2.24) is 0 Å². The molecular formula is C11H15FN2. The molecule has 0 saturated heterocycles. The van der Waals surface area contributed by atoms with E-state index < -0.39 is 0 Å². The fourth-order valence-electron chi connectivity index (χ4n) is 1.94. The van der Waals surface area contributed by atoms with Gasteiger partial charge in [-0.15, -0.1) is 0 Å². The molecule has 0 spiro atoms. The van der Waals surface area contributed by atoms with Crippen LogP contribution in [-0.4, -0.2) is 6.04 Å².